The number of aromatic nitrogens is 3. The van der Waals surface area contributed by atoms with E-state index in [9.17, 15) is 9.59 Å². The van der Waals surface area contributed by atoms with Crippen LogP contribution >= 0.6 is 11.8 Å². The van der Waals surface area contributed by atoms with Crippen LogP contribution in [0, 0.1) is 13.8 Å². The summed E-state index contributed by atoms with van der Waals surface area (Å²) in [6.45, 7) is 3.88. The van der Waals surface area contributed by atoms with Gasteiger partial charge in [-0.1, -0.05) is 29.5 Å². The maximum absolute atomic E-state index is 12.4. The third-order valence-electron chi connectivity index (χ3n) is 4.15. The Hall–Kier alpha value is -3.13. The van der Waals surface area contributed by atoms with Gasteiger partial charge in [0.2, 0.25) is 5.91 Å². The average molecular weight is 395 g/mol. The molecule has 28 heavy (non-hydrogen) atoms. The molecule has 0 fully saturated rings. The van der Waals surface area contributed by atoms with E-state index in [1.807, 2.05) is 42.7 Å². The van der Waals surface area contributed by atoms with Crippen LogP contribution in [-0.4, -0.2) is 39.4 Å². The van der Waals surface area contributed by atoms with Crippen molar-refractivity contribution < 1.29 is 9.59 Å². The lowest BCUT2D eigenvalue weighted by atomic mass is 10.1. The number of nitrogens with zero attached hydrogens (tertiary/aromatic N) is 3. The Labute approximate surface area is 167 Å². The van der Waals surface area contributed by atoms with Gasteiger partial charge in [0.05, 0.1) is 5.75 Å². The smallest absolute Gasteiger partial charge is 0.251 e. The second-order valence-electron chi connectivity index (χ2n) is 6.26. The van der Waals surface area contributed by atoms with Crippen LogP contribution in [0.5, 0.6) is 0 Å². The van der Waals surface area contributed by atoms with Gasteiger partial charge in [-0.05, 0) is 49.7 Å². The van der Waals surface area contributed by atoms with Crippen molar-refractivity contribution in [3.05, 3.63) is 65.5 Å². The van der Waals surface area contributed by atoms with Crippen molar-refractivity contribution in [3.8, 4) is 5.69 Å². The predicted octanol–water partition coefficient (Wildman–Crippen LogP) is 2.97. The van der Waals surface area contributed by atoms with E-state index < -0.39 is 0 Å². The largest absolute Gasteiger partial charge is 0.355 e. The van der Waals surface area contributed by atoms with Gasteiger partial charge in [0.25, 0.3) is 5.91 Å². The zero-order valence-electron chi connectivity index (χ0n) is 15.9. The highest BCUT2D eigenvalue weighted by Crippen LogP contribution is 2.21. The van der Waals surface area contributed by atoms with E-state index in [0.29, 0.717) is 16.4 Å². The van der Waals surface area contributed by atoms with Gasteiger partial charge >= 0.3 is 0 Å². The zero-order valence-corrected chi connectivity index (χ0v) is 16.7. The molecule has 2 N–H and O–H groups in total. The Bertz CT molecular complexity index is 998. The maximum Gasteiger partial charge on any atom is 0.251 e. The number of nitrogens with one attached hydrogen (secondary N) is 2. The molecule has 8 heteroatoms. The molecule has 0 radical (unpaired) electrons. The van der Waals surface area contributed by atoms with Crippen LogP contribution in [0.3, 0.4) is 0 Å². The maximum atomic E-state index is 12.4. The normalized spacial score (nSPS) is 10.5. The Morgan fingerprint density at radius 2 is 1.86 bits per heavy atom. The van der Waals surface area contributed by atoms with E-state index in [4.69, 9.17) is 0 Å². The van der Waals surface area contributed by atoms with Crippen LogP contribution in [0.2, 0.25) is 0 Å². The van der Waals surface area contributed by atoms with Crippen molar-refractivity contribution in [2.24, 2.45) is 0 Å². The Morgan fingerprint density at radius 1 is 1.11 bits per heavy atom. The van der Waals surface area contributed by atoms with E-state index in [2.05, 4.69) is 20.8 Å². The fourth-order valence-electron chi connectivity index (χ4n) is 2.61. The molecule has 2 aromatic carbocycles. The minimum atomic E-state index is -0.160. The van der Waals surface area contributed by atoms with Crippen molar-refractivity contribution in [3.63, 3.8) is 0 Å². The first-order chi connectivity index (χ1) is 13.5. The molecule has 0 aliphatic rings. The standard InChI is InChI=1S/C20H21N5O2S/c1-13-4-7-16(8-5-13)25-12-22-24-20(25)28-11-18(26)23-17-9-6-15(10-14(17)2)19(27)21-3/h4-10,12H,11H2,1-3H3,(H,21,27)(H,23,26). The van der Waals surface area contributed by atoms with E-state index >= 15 is 0 Å². The second kappa shape index (κ2) is 8.71. The quantitative estimate of drug-likeness (QED) is 0.627. The lowest BCUT2D eigenvalue weighted by Gasteiger charge is -2.10. The molecule has 0 saturated carbocycles. The van der Waals surface area contributed by atoms with Gasteiger partial charge in [0, 0.05) is 24.0 Å². The van der Waals surface area contributed by atoms with E-state index in [-0.39, 0.29) is 17.6 Å². The average Bonchev–Trinajstić information content (AvgIpc) is 3.16. The molecule has 0 saturated heterocycles. The molecule has 3 rings (SSSR count). The summed E-state index contributed by atoms with van der Waals surface area (Å²) < 4.78 is 1.85. The lowest BCUT2D eigenvalue weighted by Crippen LogP contribution is -2.19. The lowest BCUT2D eigenvalue weighted by molar-refractivity contribution is -0.113. The SMILES string of the molecule is CNC(=O)c1ccc(NC(=O)CSc2nncn2-c2ccc(C)cc2)c(C)c1. The molecule has 3 aromatic rings. The van der Waals surface area contributed by atoms with Gasteiger partial charge in [-0.15, -0.1) is 10.2 Å². The van der Waals surface area contributed by atoms with Crippen molar-refractivity contribution in [1.82, 2.24) is 20.1 Å². The van der Waals surface area contributed by atoms with Gasteiger partial charge in [-0.2, -0.15) is 0 Å². The number of anilines is 1. The van der Waals surface area contributed by atoms with Crippen molar-refractivity contribution in [2.75, 3.05) is 18.1 Å². The fraction of sp³-hybridized carbons (Fsp3) is 0.200. The molecule has 1 heterocycles. The summed E-state index contributed by atoms with van der Waals surface area (Å²) in [5.74, 6) is -0.118. The molecule has 1 aromatic heterocycles. The van der Waals surface area contributed by atoms with Crippen molar-refractivity contribution in [2.45, 2.75) is 19.0 Å². The van der Waals surface area contributed by atoms with Crippen LogP contribution in [0.25, 0.3) is 5.69 Å². The first-order valence-corrected chi connectivity index (χ1v) is 9.69. The summed E-state index contributed by atoms with van der Waals surface area (Å²) in [7, 11) is 1.58. The van der Waals surface area contributed by atoms with Gasteiger partial charge in [-0.3, -0.25) is 14.2 Å². The number of thioether (sulfide) groups is 1. The van der Waals surface area contributed by atoms with Gasteiger partial charge < -0.3 is 10.6 Å². The molecule has 0 aliphatic carbocycles. The molecule has 0 aliphatic heterocycles. The number of carbonyl (C=O) groups excluding carboxylic acids is 2. The summed E-state index contributed by atoms with van der Waals surface area (Å²) in [5, 5.41) is 14.2. The minimum Gasteiger partial charge on any atom is -0.355 e. The molecule has 144 valence electrons. The molecule has 7 nitrogen and oxygen atoms in total. The summed E-state index contributed by atoms with van der Waals surface area (Å²) in [6.07, 6.45) is 1.63. The monoisotopic (exact) mass is 395 g/mol. The topological polar surface area (TPSA) is 88.9 Å². The first-order valence-electron chi connectivity index (χ1n) is 8.70. The van der Waals surface area contributed by atoms with E-state index in [0.717, 1.165) is 11.3 Å². The van der Waals surface area contributed by atoms with Crippen LogP contribution in [0.4, 0.5) is 5.69 Å². The van der Waals surface area contributed by atoms with Crippen LogP contribution < -0.4 is 10.6 Å². The Morgan fingerprint density at radius 3 is 2.54 bits per heavy atom. The van der Waals surface area contributed by atoms with E-state index in [1.165, 1.54) is 17.3 Å². The molecule has 0 atom stereocenters. The van der Waals surface area contributed by atoms with Crippen LogP contribution in [-0.2, 0) is 4.79 Å². The Balaban J connectivity index is 1.63. The summed E-state index contributed by atoms with van der Waals surface area (Å²) in [4.78, 5) is 24.0. The van der Waals surface area contributed by atoms with E-state index in [1.54, 1.807) is 31.6 Å². The highest BCUT2D eigenvalue weighted by atomic mass is 32.2. The second-order valence-corrected chi connectivity index (χ2v) is 7.21. The molecule has 0 bridgehead atoms. The number of carbonyl (C=O) groups is 2. The van der Waals surface area contributed by atoms with Crippen molar-refractivity contribution >= 4 is 29.3 Å². The third-order valence-corrected chi connectivity index (χ3v) is 5.09. The molecule has 0 spiro atoms. The summed E-state index contributed by atoms with van der Waals surface area (Å²) in [5.41, 5.74) is 4.17. The zero-order chi connectivity index (χ0) is 20.1. The number of amides is 2. The number of aryl methyl sites for hydroxylation is 2. The molecular weight excluding hydrogens is 374 g/mol. The highest BCUT2D eigenvalue weighted by Gasteiger charge is 2.12. The number of hydrogen-bond acceptors (Lipinski definition) is 5. The fourth-order valence-corrected chi connectivity index (χ4v) is 3.34. The summed E-state index contributed by atoms with van der Waals surface area (Å²) in [6, 6.07) is 13.2. The number of benzene rings is 2. The Kier molecular flexibility index (Phi) is 6.10. The minimum absolute atomic E-state index is 0.153. The molecule has 2 amide bonds. The summed E-state index contributed by atoms with van der Waals surface area (Å²) >= 11 is 1.31. The van der Waals surface area contributed by atoms with Crippen LogP contribution in [0.1, 0.15) is 21.5 Å². The van der Waals surface area contributed by atoms with Gasteiger partial charge in [0.15, 0.2) is 5.16 Å². The highest BCUT2D eigenvalue weighted by molar-refractivity contribution is 7.99. The van der Waals surface area contributed by atoms with Gasteiger partial charge in [-0.25, -0.2) is 0 Å². The van der Waals surface area contributed by atoms with Gasteiger partial charge in [0.1, 0.15) is 6.33 Å². The number of rotatable bonds is 6. The molecule has 0 unspecified atom stereocenters. The van der Waals surface area contributed by atoms with Crippen LogP contribution in [0.15, 0.2) is 53.9 Å². The predicted molar refractivity (Wildman–Crippen MR) is 110 cm³/mol. The number of hydrogen-bond donors (Lipinski definition) is 2. The van der Waals surface area contributed by atoms with Crippen molar-refractivity contribution in [1.29, 1.82) is 0 Å². The third kappa shape index (κ3) is 4.58. The molecular formula is C20H21N5O2S. The first kappa shape index (κ1) is 19.6.